The van der Waals surface area contributed by atoms with E-state index in [-0.39, 0.29) is 0 Å². The highest BCUT2D eigenvalue weighted by atomic mass is 79.9. The summed E-state index contributed by atoms with van der Waals surface area (Å²) in [5, 5.41) is 3.32. The molecule has 0 radical (unpaired) electrons. The predicted molar refractivity (Wildman–Crippen MR) is 82.6 cm³/mol. The highest BCUT2D eigenvalue weighted by Crippen LogP contribution is 2.33. The second-order valence-electron chi connectivity index (χ2n) is 4.35. The van der Waals surface area contributed by atoms with E-state index in [2.05, 4.69) is 54.3 Å². The average Bonchev–Trinajstić information content (AvgIpc) is 2.84. The third kappa shape index (κ3) is 2.92. The van der Waals surface area contributed by atoms with Crippen molar-refractivity contribution in [1.29, 1.82) is 0 Å². The van der Waals surface area contributed by atoms with Gasteiger partial charge in [0.15, 0.2) is 0 Å². The predicted octanol–water partition coefficient (Wildman–Crippen LogP) is 4.15. The fourth-order valence-corrected chi connectivity index (χ4v) is 3.07. The van der Waals surface area contributed by atoms with Gasteiger partial charge < -0.3 is 10.1 Å². The van der Waals surface area contributed by atoms with Gasteiger partial charge in [0.2, 0.25) is 0 Å². The number of ether oxygens (including phenoxy) is 1. The Kier molecular flexibility index (Phi) is 3.75. The highest BCUT2D eigenvalue weighted by Gasteiger charge is 2.17. The minimum Gasteiger partial charge on any atom is -0.493 e. The van der Waals surface area contributed by atoms with Gasteiger partial charge in [-0.2, -0.15) is 0 Å². The molecule has 0 fully saturated rings. The van der Waals surface area contributed by atoms with Crippen LogP contribution >= 0.6 is 31.9 Å². The van der Waals surface area contributed by atoms with Crippen molar-refractivity contribution < 1.29 is 4.74 Å². The van der Waals surface area contributed by atoms with E-state index in [0.717, 1.165) is 39.2 Å². The standard InChI is InChI=1S/C14H12Br2N2O/c15-11-6-9-4-5-19-14(9)10(7-11)8-17-13-3-1-2-12(16)18-13/h1-3,6-7H,4-5,8H2,(H,17,18). The first-order valence-corrected chi connectivity index (χ1v) is 7.61. The topological polar surface area (TPSA) is 34.2 Å². The number of pyridine rings is 1. The minimum absolute atomic E-state index is 0.700. The normalized spacial score (nSPS) is 12.9. The van der Waals surface area contributed by atoms with Gasteiger partial charge in [-0.15, -0.1) is 0 Å². The van der Waals surface area contributed by atoms with Crippen molar-refractivity contribution in [1.82, 2.24) is 4.98 Å². The summed E-state index contributed by atoms with van der Waals surface area (Å²) in [6, 6.07) is 10.0. The molecule has 0 amide bonds. The molecule has 1 aliphatic rings. The zero-order valence-electron chi connectivity index (χ0n) is 10.1. The summed E-state index contributed by atoms with van der Waals surface area (Å²) >= 11 is 6.91. The van der Waals surface area contributed by atoms with Gasteiger partial charge in [0.1, 0.15) is 16.2 Å². The summed E-state index contributed by atoms with van der Waals surface area (Å²) < 4.78 is 7.63. The third-order valence-corrected chi connectivity index (χ3v) is 3.90. The van der Waals surface area contributed by atoms with Crippen LogP contribution in [-0.4, -0.2) is 11.6 Å². The first-order chi connectivity index (χ1) is 9.22. The van der Waals surface area contributed by atoms with Gasteiger partial charge in [-0.05, 0) is 45.8 Å². The number of anilines is 1. The summed E-state index contributed by atoms with van der Waals surface area (Å²) in [6.45, 7) is 1.47. The van der Waals surface area contributed by atoms with E-state index in [1.54, 1.807) is 0 Å². The molecule has 98 valence electrons. The smallest absolute Gasteiger partial charge is 0.127 e. The van der Waals surface area contributed by atoms with Gasteiger partial charge in [0.25, 0.3) is 0 Å². The maximum absolute atomic E-state index is 5.71. The molecule has 0 bridgehead atoms. The SMILES string of the molecule is Brc1cc2c(c(CNc3cccc(Br)n3)c1)OCC2. The van der Waals surface area contributed by atoms with E-state index in [4.69, 9.17) is 4.74 Å². The van der Waals surface area contributed by atoms with E-state index in [9.17, 15) is 0 Å². The molecule has 0 atom stereocenters. The number of hydrogen-bond donors (Lipinski definition) is 1. The first kappa shape index (κ1) is 12.9. The number of nitrogens with one attached hydrogen (secondary N) is 1. The monoisotopic (exact) mass is 382 g/mol. The van der Waals surface area contributed by atoms with Crippen LogP contribution in [0.5, 0.6) is 5.75 Å². The molecule has 5 heteroatoms. The zero-order valence-corrected chi connectivity index (χ0v) is 13.3. The van der Waals surface area contributed by atoms with Crippen molar-refractivity contribution in [2.75, 3.05) is 11.9 Å². The lowest BCUT2D eigenvalue weighted by molar-refractivity contribution is 0.354. The van der Waals surface area contributed by atoms with Crippen molar-refractivity contribution >= 4 is 37.7 Å². The molecule has 0 spiro atoms. The molecular weight excluding hydrogens is 372 g/mol. The highest BCUT2D eigenvalue weighted by molar-refractivity contribution is 9.10. The number of halogens is 2. The maximum atomic E-state index is 5.71. The van der Waals surface area contributed by atoms with E-state index < -0.39 is 0 Å². The Labute approximate surface area is 128 Å². The van der Waals surface area contributed by atoms with Crippen LogP contribution in [0.4, 0.5) is 5.82 Å². The molecule has 3 rings (SSSR count). The van der Waals surface area contributed by atoms with E-state index in [1.807, 2.05) is 18.2 Å². The average molecular weight is 384 g/mol. The quantitative estimate of drug-likeness (QED) is 0.808. The number of hydrogen-bond acceptors (Lipinski definition) is 3. The van der Waals surface area contributed by atoms with Crippen molar-refractivity contribution in [3.63, 3.8) is 0 Å². The van der Waals surface area contributed by atoms with Gasteiger partial charge in [-0.1, -0.05) is 22.0 Å². The van der Waals surface area contributed by atoms with Crippen molar-refractivity contribution in [2.45, 2.75) is 13.0 Å². The molecule has 1 aromatic heterocycles. The fourth-order valence-electron chi connectivity index (χ4n) is 2.17. The van der Waals surface area contributed by atoms with Crippen LogP contribution < -0.4 is 10.1 Å². The molecule has 0 saturated carbocycles. The largest absolute Gasteiger partial charge is 0.493 e. The molecule has 1 aromatic carbocycles. The number of nitrogens with zero attached hydrogens (tertiary/aromatic N) is 1. The third-order valence-electron chi connectivity index (χ3n) is 3.00. The van der Waals surface area contributed by atoms with Crippen LogP contribution in [0.1, 0.15) is 11.1 Å². The van der Waals surface area contributed by atoms with Gasteiger partial charge in [0.05, 0.1) is 6.61 Å². The summed E-state index contributed by atoms with van der Waals surface area (Å²) in [7, 11) is 0. The summed E-state index contributed by atoms with van der Waals surface area (Å²) in [6.07, 6.45) is 0.983. The minimum atomic E-state index is 0.700. The summed E-state index contributed by atoms with van der Waals surface area (Å²) in [4.78, 5) is 4.36. The molecule has 19 heavy (non-hydrogen) atoms. The van der Waals surface area contributed by atoms with Crippen molar-refractivity contribution in [3.8, 4) is 5.75 Å². The Morgan fingerprint density at radius 3 is 3.00 bits per heavy atom. The lowest BCUT2D eigenvalue weighted by atomic mass is 10.1. The molecule has 0 unspecified atom stereocenters. The Morgan fingerprint density at radius 2 is 2.16 bits per heavy atom. The molecule has 2 aromatic rings. The van der Waals surface area contributed by atoms with Crippen LogP contribution in [0.3, 0.4) is 0 Å². The number of aromatic nitrogens is 1. The van der Waals surface area contributed by atoms with Crippen LogP contribution in [0.15, 0.2) is 39.4 Å². The maximum Gasteiger partial charge on any atom is 0.127 e. The van der Waals surface area contributed by atoms with Crippen LogP contribution in [-0.2, 0) is 13.0 Å². The van der Waals surface area contributed by atoms with E-state index in [0.29, 0.717) is 6.54 Å². The van der Waals surface area contributed by atoms with E-state index >= 15 is 0 Å². The Hall–Kier alpha value is -1.07. The van der Waals surface area contributed by atoms with Crippen LogP contribution in [0, 0.1) is 0 Å². The molecule has 1 N–H and O–H groups in total. The Balaban J connectivity index is 1.81. The van der Waals surface area contributed by atoms with Gasteiger partial charge in [0, 0.05) is 23.0 Å². The van der Waals surface area contributed by atoms with E-state index in [1.165, 1.54) is 5.56 Å². The summed E-state index contributed by atoms with van der Waals surface area (Å²) in [5.41, 5.74) is 2.43. The molecule has 2 heterocycles. The van der Waals surface area contributed by atoms with Crippen molar-refractivity contribution in [3.05, 3.63) is 50.5 Å². The molecule has 0 saturated heterocycles. The second kappa shape index (κ2) is 5.51. The second-order valence-corrected chi connectivity index (χ2v) is 6.08. The number of benzene rings is 1. The Bertz CT molecular complexity index is 616. The zero-order chi connectivity index (χ0) is 13.2. The molecule has 0 aliphatic carbocycles. The lowest BCUT2D eigenvalue weighted by Crippen LogP contribution is -2.03. The Morgan fingerprint density at radius 1 is 1.26 bits per heavy atom. The molecule has 3 nitrogen and oxygen atoms in total. The number of fused-ring (bicyclic) bond motifs is 1. The number of rotatable bonds is 3. The van der Waals surface area contributed by atoms with Gasteiger partial charge >= 0.3 is 0 Å². The van der Waals surface area contributed by atoms with Crippen LogP contribution in [0.25, 0.3) is 0 Å². The fraction of sp³-hybridized carbons (Fsp3) is 0.214. The van der Waals surface area contributed by atoms with Crippen molar-refractivity contribution in [2.24, 2.45) is 0 Å². The molecule has 1 aliphatic heterocycles. The van der Waals surface area contributed by atoms with Gasteiger partial charge in [-0.25, -0.2) is 4.98 Å². The molecular formula is C14H12Br2N2O. The summed E-state index contributed by atoms with van der Waals surface area (Å²) in [5.74, 6) is 1.87. The lowest BCUT2D eigenvalue weighted by Gasteiger charge is -2.11. The van der Waals surface area contributed by atoms with Gasteiger partial charge in [-0.3, -0.25) is 0 Å². The van der Waals surface area contributed by atoms with Crippen LogP contribution in [0.2, 0.25) is 0 Å². The first-order valence-electron chi connectivity index (χ1n) is 6.03.